The number of carbonyl (C=O) groups is 1. The molecule has 0 unspecified atom stereocenters. The van der Waals surface area contributed by atoms with Crippen molar-refractivity contribution in [3.8, 4) is 5.69 Å². The third kappa shape index (κ3) is 3.85. The maximum Gasteiger partial charge on any atom is 0.275 e. The van der Waals surface area contributed by atoms with Crippen molar-refractivity contribution in [1.82, 2.24) is 29.9 Å². The molecule has 2 N–H and O–H groups in total. The van der Waals surface area contributed by atoms with Crippen LogP contribution in [0.2, 0.25) is 0 Å². The number of halogens is 1. The van der Waals surface area contributed by atoms with Crippen molar-refractivity contribution < 1.29 is 9.18 Å². The number of nitrogens with one attached hydrogen (secondary N) is 2. The molecule has 0 saturated heterocycles. The second kappa shape index (κ2) is 7.62. The Kier molecular flexibility index (Phi) is 5.26. The monoisotopic (exact) mass is 388 g/mol. The van der Waals surface area contributed by atoms with E-state index in [2.05, 4.69) is 20.6 Å². The van der Waals surface area contributed by atoms with Gasteiger partial charge in [0, 0.05) is 31.8 Å². The average Bonchev–Trinajstić information content (AvgIpc) is 2.95. The molecule has 10 heteroatoms. The summed E-state index contributed by atoms with van der Waals surface area (Å²) in [4.78, 5) is 24.6. The van der Waals surface area contributed by atoms with Crippen molar-refractivity contribution >= 4 is 18.1 Å². The third-order valence-electron chi connectivity index (χ3n) is 4.01. The summed E-state index contributed by atoms with van der Waals surface area (Å²) in [7, 11) is 1.76. The van der Waals surface area contributed by atoms with Gasteiger partial charge in [0.1, 0.15) is 17.3 Å². The minimum atomic E-state index is -0.637. The summed E-state index contributed by atoms with van der Waals surface area (Å²) in [6, 6.07) is 7.25. The molecule has 3 aromatic rings. The van der Waals surface area contributed by atoms with Crippen LogP contribution in [0.25, 0.3) is 5.69 Å². The van der Waals surface area contributed by atoms with E-state index in [1.54, 1.807) is 30.7 Å². The van der Waals surface area contributed by atoms with E-state index in [0.717, 1.165) is 0 Å². The van der Waals surface area contributed by atoms with Gasteiger partial charge in [0.05, 0.1) is 0 Å². The third-order valence-corrected chi connectivity index (χ3v) is 4.37. The number of hydrogen-bond acceptors (Lipinski definition) is 5. The van der Waals surface area contributed by atoms with E-state index in [-0.39, 0.29) is 17.9 Å². The van der Waals surface area contributed by atoms with Crippen LogP contribution >= 0.6 is 12.2 Å². The number of benzene rings is 1. The summed E-state index contributed by atoms with van der Waals surface area (Å²) in [5.74, 6) is -0.475. The highest BCUT2D eigenvalue weighted by Crippen LogP contribution is 2.13. The quantitative estimate of drug-likeness (QED) is 0.645. The molecule has 27 heavy (non-hydrogen) atoms. The summed E-state index contributed by atoms with van der Waals surface area (Å²) in [6.07, 6.45) is 0.419. The Morgan fingerprint density at radius 2 is 2.11 bits per heavy atom. The lowest BCUT2D eigenvalue weighted by molar-refractivity contribution is 0.0946. The van der Waals surface area contributed by atoms with Crippen molar-refractivity contribution in [2.24, 2.45) is 7.05 Å². The van der Waals surface area contributed by atoms with Gasteiger partial charge in [-0.25, -0.2) is 9.07 Å². The van der Waals surface area contributed by atoms with Gasteiger partial charge in [0.25, 0.3) is 5.91 Å². The van der Waals surface area contributed by atoms with E-state index in [4.69, 9.17) is 12.2 Å². The number of hydrogen-bond donors (Lipinski definition) is 2. The number of para-hydroxylation sites is 1. The van der Waals surface area contributed by atoms with E-state index in [1.807, 2.05) is 0 Å². The van der Waals surface area contributed by atoms with Crippen LogP contribution in [-0.4, -0.2) is 37.0 Å². The van der Waals surface area contributed by atoms with Gasteiger partial charge in [0.2, 0.25) is 5.43 Å². The molecule has 1 amide bonds. The minimum Gasteiger partial charge on any atom is -0.350 e. The zero-order valence-corrected chi connectivity index (χ0v) is 15.5. The zero-order chi connectivity index (χ0) is 19.6. The lowest BCUT2D eigenvalue weighted by atomic mass is 10.2. The van der Waals surface area contributed by atoms with E-state index >= 15 is 0 Å². The molecule has 0 aliphatic heterocycles. The van der Waals surface area contributed by atoms with Crippen molar-refractivity contribution in [3.63, 3.8) is 0 Å². The number of amides is 1. The first-order valence-corrected chi connectivity index (χ1v) is 8.53. The predicted molar refractivity (Wildman–Crippen MR) is 99.0 cm³/mol. The summed E-state index contributed by atoms with van der Waals surface area (Å²) in [5.41, 5.74) is -0.260. The topological polar surface area (TPSA) is 97.6 Å². The molecule has 0 aliphatic rings. The fraction of sp³-hybridized carbons (Fsp3) is 0.235. The van der Waals surface area contributed by atoms with Gasteiger partial charge in [-0.05, 0) is 31.3 Å². The first kappa shape index (κ1) is 18.6. The van der Waals surface area contributed by atoms with Gasteiger partial charge in [-0.2, -0.15) is 10.2 Å². The van der Waals surface area contributed by atoms with E-state index in [9.17, 15) is 14.0 Å². The van der Waals surface area contributed by atoms with Gasteiger partial charge in [-0.1, -0.05) is 12.1 Å². The van der Waals surface area contributed by atoms with Gasteiger partial charge in [0.15, 0.2) is 10.5 Å². The Labute approximate surface area is 158 Å². The minimum absolute atomic E-state index is 0.158. The number of aromatic amines is 1. The van der Waals surface area contributed by atoms with Gasteiger partial charge >= 0.3 is 0 Å². The van der Waals surface area contributed by atoms with Crippen molar-refractivity contribution in [3.05, 3.63) is 68.4 Å². The zero-order valence-electron chi connectivity index (χ0n) is 14.7. The van der Waals surface area contributed by atoms with Gasteiger partial charge in [-0.3, -0.25) is 14.7 Å². The first-order chi connectivity index (χ1) is 12.9. The van der Waals surface area contributed by atoms with Crippen molar-refractivity contribution in [2.45, 2.75) is 13.3 Å². The lowest BCUT2D eigenvalue weighted by Gasteiger charge is -2.12. The van der Waals surface area contributed by atoms with Crippen molar-refractivity contribution in [2.75, 3.05) is 6.54 Å². The number of aromatic nitrogens is 5. The molecule has 2 heterocycles. The molecule has 1 aromatic carbocycles. The normalized spacial score (nSPS) is 10.8. The van der Waals surface area contributed by atoms with E-state index in [0.29, 0.717) is 22.7 Å². The van der Waals surface area contributed by atoms with Gasteiger partial charge < -0.3 is 9.88 Å². The molecule has 0 atom stereocenters. The van der Waals surface area contributed by atoms with Crippen molar-refractivity contribution in [1.29, 1.82) is 0 Å². The Balaban J connectivity index is 1.81. The van der Waals surface area contributed by atoms with Crippen LogP contribution in [0, 0.1) is 17.5 Å². The Bertz CT molecular complexity index is 1120. The molecule has 0 radical (unpaired) electrons. The average molecular weight is 388 g/mol. The fourth-order valence-electron chi connectivity index (χ4n) is 2.55. The molecule has 0 aliphatic carbocycles. The number of rotatable bonds is 5. The van der Waals surface area contributed by atoms with E-state index < -0.39 is 17.2 Å². The smallest absolute Gasteiger partial charge is 0.275 e. The highest BCUT2D eigenvalue weighted by Gasteiger charge is 2.16. The molecule has 0 bridgehead atoms. The molecule has 0 fully saturated rings. The largest absolute Gasteiger partial charge is 0.350 e. The molecule has 3 rings (SSSR count). The molecule has 140 valence electrons. The van der Waals surface area contributed by atoms with Gasteiger partial charge in [-0.15, -0.1) is 0 Å². The highest BCUT2D eigenvalue weighted by atomic mass is 32.1. The summed E-state index contributed by atoms with van der Waals surface area (Å²) >= 11 is 5.03. The molecule has 2 aromatic heterocycles. The summed E-state index contributed by atoms with van der Waals surface area (Å²) < 4.78 is 17.5. The van der Waals surface area contributed by atoms with Crippen LogP contribution < -0.4 is 10.7 Å². The highest BCUT2D eigenvalue weighted by molar-refractivity contribution is 7.71. The number of nitrogens with zero attached hydrogens (tertiary/aromatic N) is 4. The van der Waals surface area contributed by atoms with Crippen LogP contribution in [0.5, 0.6) is 0 Å². The molecular formula is C17H17FN6O2S. The molecule has 8 nitrogen and oxygen atoms in total. The maximum atomic E-state index is 14.1. The maximum absolute atomic E-state index is 14.1. The molecule has 0 saturated carbocycles. The number of carbonyl (C=O) groups excluding carboxylic acids is 1. The Morgan fingerprint density at radius 1 is 1.37 bits per heavy atom. The summed E-state index contributed by atoms with van der Waals surface area (Å²) in [6.45, 7) is 1.85. The molecular weight excluding hydrogens is 371 g/mol. The fourth-order valence-corrected chi connectivity index (χ4v) is 2.70. The second-order valence-electron chi connectivity index (χ2n) is 5.87. The second-order valence-corrected chi connectivity index (χ2v) is 6.26. The Hall–Kier alpha value is -3.14. The SMILES string of the molecule is Cc1cc(=O)c(C(=O)NCCc2n[nH]c(=S)n2C)nn1-c1ccccc1F. The number of aryl methyl sites for hydroxylation is 1. The predicted octanol–water partition coefficient (Wildman–Crippen LogP) is 1.44. The number of H-pyrrole nitrogens is 1. The van der Waals surface area contributed by atoms with Crippen LogP contribution in [0.1, 0.15) is 22.0 Å². The lowest BCUT2D eigenvalue weighted by Crippen LogP contribution is -2.33. The van der Waals surface area contributed by atoms with Crippen LogP contribution in [0.3, 0.4) is 0 Å². The Morgan fingerprint density at radius 3 is 2.78 bits per heavy atom. The van der Waals surface area contributed by atoms with E-state index in [1.165, 1.54) is 22.9 Å². The van der Waals surface area contributed by atoms with Crippen LogP contribution in [0.15, 0.2) is 35.1 Å². The first-order valence-electron chi connectivity index (χ1n) is 8.13. The van der Waals surface area contributed by atoms with Crippen LogP contribution in [0.4, 0.5) is 4.39 Å². The standard InChI is InChI=1S/C17H17FN6O2S/c1-10-9-13(25)15(22-24(10)12-6-4-3-5-11(12)18)16(26)19-8-7-14-20-21-17(27)23(14)2/h3-6,9H,7-8H2,1-2H3,(H,19,26)(H,21,27). The molecule has 0 spiro atoms. The van der Waals surface area contributed by atoms with Crippen LogP contribution in [-0.2, 0) is 13.5 Å². The summed E-state index contributed by atoms with van der Waals surface area (Å²) in [5, 5.41) is 13.4.